The minimum Gasteiger partial charge on any atom is -0.293 e. The van der Waals surface area contributed by atoms with Crippen LogP contribution in [0.3, 0.4) is 0 Å². The molecule has 0 saturated heterocycles. The maximum atomic E-state index is 13.3. The number of nitrogens with zero attached hydrogens (tertiary/aromatic N) is 1. The van der Waals surface area contributed by atoms with E-state index in [1.54, 1.807) is 0 Å². The minimum atomic E-state index is -4.96. The third kappa shape index (κ3) is 2.64. The van der Waals surface area contributed by atoms with E-state index in [4.69, 9.17) is 5.26 Å². The van der Waals surface area contributed by atoms with E-state index in [1.807, 2.05) is 0 Å². The van der Waals surface area contributed by atoms with Crippen molar-refractivity contribution in [3.63, 3.8) is 0 Å². The normalized spacial score (nSPS) is 11.1. The second-order valence-electron chi connectivity index (χ2n) is 3.01. The van der Waals surface area contributed by atoms with Gasteiger partial charge in [-0.3, -0.25) is 4.79 Å². The molecule has 0 aromatic heterocycles. The summed E-state index contributed by atoms with van der Waals surface area (Å²) in [7, 11) is 0. The fourth-order valence-electron chi connectivity index (χ4n) is 1.30. The molecule has 0 unspecified atom stereocenters. The van der Waals surface area contributed by atoms with Gasteiger partial charge in [0.25, 0.3) is 0 Å². The third-order valence-corrected chi connectivity index (χ3v) is 2.47. The van der Waals surface area contributed by atoms with Crippen LogP contribution in [-0.2, 0) is 6.18 Å². The van der Waals surface area contributed by atoms with Crippen molar-refractivity contribution in [3.8, 4) is 6.07 Å². The molecule has 0 fully saturated rings. The van der Waals surface area contributed by atoms with E-state index in [9.17, 15) is 22.4 Å². The number of benzene rings is 1. The Kier molecular flexibility index (Phi) is 3.88. The van der Waals surface area contributed by atoms with Crippen molar-refractivity contribution >= 4 is 21.7 Å². The van der Waals surface area contributed by atoms with Crippen LogP contribution >= 0.6 is 15.9 Å². The first-order valence-corrected chi connectivity index (χ1v) is 5.34. The van der Waals surface area contributed by atoms with Crippen molar-refractivity contribution < 1.29 is 22.4 Å². The Bertz CT molecular complexity index is 504. The first-order valence-electron chi connectivity index (χ1n) is 4.22. The molecular weight excluding hydrogens is 306 g/mol. The van der Waals surface area contributed by atoms with Crippen LogP contribution in [-0.4, -0.2) is 11.1 Å². The Labute approximate surface area is 102 Å². The number of alkyl halides is 4. The number of rotatable bonds is 2. The summed E-state index contributed by atoms with van der Waals surface area (Å²) in [6.07, 6.45) is -4.96. The van der Waals surface area contributed by atoms with Gasteiger partial charge in [-0.25, -0.2) is 4.39 Å². The highest BCUT2D eigenvalue weighted by Gasteiger charge is 2.39. The zero-order valence-electron chi connectivity index (χ0n) is 8.11. The summed E-state index contributed by atoms with van der Waals surface area (Å²) in [4.78, 5) is 11.3. The van der Waals surface area contributed by atoms with Crippen LogP contribution in [0, 0.1) is 17.1 Å². The lowest BCUT2D eigenvalue weighted by molar-refractivity contribution is -0.138. The minimum absolute atomic E-state index is 0.456. The largest absolute Gasteiger partial charge is 0.418 e. The molecular formula is C10H4BrF4NO. The molecule has 90 valence electrons. The van der Waals surface area contributed by atoms with Crippen LogP contribution in [0.25, 0.3) is 0 Å². The van der Waals surface area contributed by atoms with Crippen LogP contribution in [0.5, 0.6) is 0 Å². The van der Waals surface area contributed by atoms with Crippen molar-refractivity contribution in [2.75, 3.05) is 5.33 Å². The molecule has 1 aromatic rings. The summed E-state index contributed by atoms with van der Waals surface area (Å²) < 4.78 is 51.3. The molecule has 0 radical (unpaired) electrons. The van der Waals surface area contributed by atoms with Crippen molar-refractivity contribution in [1.82, 2.24) is 0 Å². The molecule has 0 amide bonds. The average molecular weight is 310 g/mol. The number of halogens is 5. The van der Waals surface area contributed by atoms with Crippen LogP contribution in [0.15, 0.2) is 12.1 Å². The van der Waals surface area contributed by atoms with Gasteiger partial charge in [0.1, 0.15) is 5.82 Å². The topological polar surface area (TPSA) is 40.9 Å². The van der Waals surface area contributed by atoms with Gasteiger partial charge in [-0.05, 0) is 12.1 Å². The highest BCUT2D eigenvalue weighted by atomic mass is 79.9. The Morgan fingerprint density at radius 2 is 2.00 bits per heavy atom. The van der Waals surface area contributed by atoms with Gasteiger partial charge >= 0.3 is 6.18 Å². The van der Waals surface area contributed by atoms with Gasteiger partial charge in [-0.15, -0.1) is 0 Å². The van der Waals surface area contributed by atoms with E-state index in [-0.39, 0.29) is 0 Å². The monoisotopic (exact) mass is 309 g/mol. The third-order valence-electron chi connectivity index (χ3n) is 1.96. The first-order chi connectivity index (χ1) is 7.82. The molecule has 17 heavy (non-hydrogen) atoms. The van der Waals surface area contributed by atoms with Gasteiger partial charge in [-0.1, -0.05) is 15.9 Å². The maximum Gasteiger partial charge on any atom is 0.418 e. The van der Waals surface area contributed by atoms with Crippen LogP contribution in [0.1, 0.15) is 21.5 Å². The van der Waals surface area contributed by atoms with Gasteiger partial charge in [0, 0.05) is 0 Å². The maximum absolute atomic E-state index is 13.3. The fourth-order valence-corrected chi connectivity index (χ4v) is 1.58. The molecule has 0 saturated carbocycles. The van der Waals surface area contributed by atoms with Crippen molar-refractivity contribution in [2.24, 2.45) is 0 Å². The Morgan fingerprint density at radius 3 is 2.41 bits per heavy atom. The van der Waals surface area contributed by atoms with Crippen molar-refractivity contribution in [3.05, 3.63) is 34.6 Å². The molecule has 0 aliphatic heterocycles. The smallest absolute Gasteiger partial charge is 0.293 e. The standard InChI is InChI=1S/C10H4BrF4NO/c11-3-7(17)8-6(12)2-1-5(4-16)9(8)10(13,14)15/h1-2H,3H2. The number of carbonyl (C=O) groups is 1. The molecule has 7 heteroatoms. The lowest BCUT2D eigenvalue weighted by Crippen LogP contribution is -2.18. The summed E-state index contributed by atoms with van der Waals surface area (Å²) in [6.45, 7) is 0. The lowest BCUT2D eigenvalue weighted by atomic mass is 9.98. The highest BCUT2D eigenvalue weighted by molar-refractivity contribution is 9.09. The number of hydrogen-bond donors (Lipinski definition) is 0. The number of ketones is 1. The van der Waals surface area contributed by atoms with Crippen LogP contribution in [0.2, 0.25) is 0 Å². The molecule has 0 atom stereocenters. The van der Waals surface area contributed by atoms with E-state index in [1.165, 1.54) is 6.07 Å². The Hall–Kier alpha value is -1.42. The quantitative estimate of drug-likeness (QED) is 0.478. The zero-order valence-corrected chi connectivity index (χ0v) is 9.69. The van der Waals surface area contributed by atoms with Crippen molar-refractivity contribution in [1.29, 1.82) is 5.26 Å². The first kappa shape index (κ1) is 13.6. The summed E-state index contributed by atoms with van der Waals surface area (Å²) >= 11 is 2.67. The van der Waals surface area contributed by atoms with Gasteiger partial charge in [0.05, 0.1) is 28.1 Å². The molecule has 0 bridgehead atoms. The van der Waals surface area contributed by atoms with E-state index in [0.717, 1.165) is 0 Å². The van der Waals surface area contributed by atoms with Crippen LogP contribution in [0.4, 0.5) is 17.6 Å². The summed E-state index contributed by atoms with van der Waals surface area (Å²) in [5.41, 5.74) is -3.40. The summed E-state index contributed by atoms with van der Waals surface area (Å²) in [5.74, 6) is -2.35. The second-order valence-corrected chi connectivity index (χ2v) is 3.57. The highest BCUT2D eigenvalue weighted by Crippen LogP contribution is 2.36. The average Bonchev–Trinajstić information content (AvgIpc) is 2.26. The van der Waals surface area contributed by atoms with Gasteiger partial charge in [0.2, 0.25) is 0 Å². The molecule has 0 heterocycles. The van der Waals surface area contributed by atoms with Gasteiger partial charge in [-0.2, -0.15) is 18.4 Å². The molecule has 2 nitrogen and oxygen atoms in total. The fraction of sp³-hybridized carbons (Fsp3) is 0.200. The van der Waals surface area contributed by atoms with E-state index in [2.05, 4.69) is 15.9 Å². The SMILES string of the molecule is N#Cc1ccc(F)c(C(=O)CBr)c1C(F)(F)F. The number of carbonyl (C=O) groups excluding carboxylic acids is 1. The predicted octanol–water partition coefficient (Wildman–Crippen LogP) is 3.29. The Balaban J connectivity index is 3.68. The lowest BCUT2D eigenvalue weighted by Gasteiger charge is -2.13. The number of hydrogen-bond acceptors (Lipinski definition) is 2. The van der Waals surface area contributed by atoms with Gasteiger partial charge < -0.3 is 0 Å². The van der Waals surface area contributed by atoms with E-state index >= 15 is 0 Å². The van der Waals surface area contributed by atoms with Gasteiger partial charge in [0.15, 0.2) is 5.78 Å². The molecule has 0 spiro atoms. The van der Waals surface area contributed by atoms with E-state index < -0.39 is 39.8 Å². The molecule has 1 aromatic carbocycles. The Morgan fingerprint density at radius 1 is 1.41 bits per heavy atom. The molecule has 0 N–H and O–H groups in total. The number of Topliss-reactive ketones (excluding diaryl/α,β-unsaturated/α-hetero) is 1. The molecule has 1 rings (SSSR count). The zero-order chi connectivity index (χ0) is 13.2. The van der Waals surface area contributed by atoms with Crippen LogP contribution < -0.4 is 0 Å². The van der Waals surface area contributed by atoms with Crippen molar-refractivity contribution in [2.45, 2.75) is 6.18 Å². The molecule has 0 aliphatic carbocycles. The molecule has 0 aliphatic rings. The summed E-state index contributed by atoms with van der Waals surface area (Å²) in [6, 6.07) is 2.66. The predicted molar refractivity (Wildman–Crippen MR) is 54.2 cm³/mol. The summed E-state index contributed by atoms with van der Waals surface area (Å²) in [5, 5.41) is 8.10. The van der Waals surface area contributed by atoms with E-state index in [0.29, 0.717) is 12.1 Å². The number of nitriles is 1. The second kappa shape index (κ2) is 4.84.